The predicted octanol–water partition coefficient (Wildman–Crippen LogP) is 0.598. The van der Waals surface area contributed by atoms with E-state index in [2.05, 4.69) is 0 Å². The van der Waals surface area contributed by atoms with Crippen LogP contribution in [-0.4, -0.2) is 15.6 Å². The van der Waals surface area contributed by atoms with Crippen LogP contribution in [0.15, 0.2) is 6.20 Å². The summed E-state index contributed by atoms with van der Waals surface area (Å²) in [6.07, 6.45) is 4.96. The molecule has 0 saturated heterocycles. The Morgan fingerprint density at radius 3 is 3.00 bits per heavy atom. The second kappa shape index (κ2) is 3.13. The zero-order valence-corrected chi connectivity index (χ0v) is 8.16. The third-order valence-electron chi connectivity index (χ3n) is 2.90. The highest BCUT2D eigenvalue weighted by Crippen LogP contribution is 2.29. The van der Waals surface area contributed by atoms with E-state index in [1.54, 1.807) is 0 Å². The Hall–Kier alpha value is -1.29. The molecule has 0 spiro atoms. The molecule has 2 rings (SSSR count). The number of nitrogens with zero attached hydrogens (tertiary/aromatic N) is 1. The van der Waals surface area contributed by atoms with Gasteiger partial charge in [-0.3, -0.25) is 4.79 Å². The molecular weight excluding hydrogens is 180 g/mol. The molecule has 1 heterocycles. The molecule has 0 saturated carbocycles. The number of carboxylic acids is 1. The lowest BCUT2D eigenvalue weighted by Gasteiger charge is -2.05. The lowest BCUT2D eigenvalue weighted by atomic mass is 10.1. The highest BCUT2D eigenvalue weighted by Gasteiger charge is 2.25. The van der Waals surface area contributed by atoms with Crippen molar-refractivity contribution in [2.75, 3.05) is 0 Å². The second-order valence-electron chi connectivity index (χ2n) is 3.79. The van der Waals surface area contributed by atoms with Crippen molar-refractivity contribution in [3.05, 3.63) is 23.0 Å². The Morgan fingerprint density at radius 2 is 2.36 bits per heavy atom. The van der Waals surface area contributed by atoms with E-state index in [-0.39, 0.29) is 0 Å². The number of hydrogen-bond acceptors (Lipinski definition) is 2. The lowest BCUT2D eigenvalue weighted by Crippen LogP contribution is -2.21. The molecular formula is C10H14N2O2. The topological polar surface area (TPSA) is 68.2 Å². The van der Waals surface area contributed by atoms with Crippen LogP contribution in [0, 0.1) is 0 Å². The van der Waals surface area contributed by atoms with Gasteiger partial charge in [0.2, 0.25) is 0 Å². The number of aromatic nitrogens is 1. The maximum atomic E-state index is 10.8. The summed E-state index contributed by atoms with van der Waals surface area (Å²) in [7, 11) is 1.95. The van der Waals surface area contributed by atoms with E-state index in [1.807, 2.05) is 17.8 Å². The minimum atomic E-state index is -0.953. The van der Waals surface area contributed by atoms with Crippen LogP contribution in [0.2, 0.25) is 0 Å². The van der Waals surface area contributed by atoms with Gasteiger partial charge in [-0.25, -0.2) is 0 Å². The van der Waals surface area contributed by atoms with Crippen molar-refractivity contribution in [1.82, 2.24) is 4.57 Å². The summed E-state index contributed by atoms with van der Waals surface area (Å²) >= 11 is 0. The molecule has 0 fully saturated rings. The average Bonchev–Trinajstić information content (AvgIpc) is 2.68. The maximum absolute atomic E-state index is 10.8. The summed E-state index contributed by atoms with van der Waals surface area (Å²) in [6, 6.07) is -0.872. The molecule has 4 heteroatoms. The first-order valence-electron chi connectivity index (χ1n) is 4.76. The van der Waals surface area contributed by atoms with Crippen molar-refractivity contribution in [2.24, 2.45) is 12.8 Å². The van der Waals surface area contributed by atoms with E-state index in [0.717, 1.165) is 30.4 Å². The molecule has 0 aromatic carbocycles. The van der Waals surface area contributed by atoms with Crippen molar-refractivity contribution in [1.29, 1.82) is 0 Å². The van der Waals surface area contributed by atoms with Crippen LogP contribution in [0.3, 0.4) is 0 Å². The molecule has 4 nitrogen and oxygen atoms in total. The zero-order valence-electron chi connectivity index (χ0n) is 8.16. The number of fused-ring (bicyclic) bond motifs is 1. The summed E-state index contributed by atoms with van der Waals surface area (Å²) in [5.74, 6) is -0.953. The van der Waals surface area contributed by atoms with Gasteiger partial charge >= 0.3 is 5.97 Å². The molecule has 0 radical (unpaired) electrons. The summed E-state index contributed by atoms with van der Waals surface area (Å²) in [4.78, 5) is 10.8. The number of rotatable bonds is 2. The van der Waals surface area contributed by atoms with Crippen molar-refractivity contribution >= 4 is 5.97 Å². The molecule has 1 aliphatic rings. The van der Waals surface area contributed by atoms with Gasteiger partial charge in [0.1, 0.15) is 6.04 Å². The summed E-state index contributed by atoms with van der Waals surface area (Å²) in [5, 5.41) is 8.84. The number of aliphatic carboxylic acids is 1. The summed E-state index contributed by atoms with van der Waals surface area (Å²) in [6.45, 7) is 0. The fraction of sp³-hybridized carbons (Fsp3) is 0.500. The predicted molar refractivity (Wildman–Crippen MR) is 52.0 cm³/mol. The van der Waals surface area contributed by atoms with E-state index in [0.29, 0.717) is 0 Å². The molecule has 1 aromatic heterocycles. The number of hydrogen-bond donors (Lipinski definition) is 2. The van der Waals surface area contributed by atoms with Crippen LogP contribution in [0.25, 0.3) is 0 Å². The van der Waals surface area contributed by atoms with Gasteiger partial charge in [-0.1, -0.05) is 0 Å². The van der Waals surface area contributed by atoms with Gasteiger partial charge in [-0.05, 0) is 24.8 Å². The van der Waals surface area contributed by atoms with Gasteiger partial charge in [0.15, 0.2) is 0 Å². The van der Waals surface area contributed by atoms with Gasteiger partial charge in [0.25, 0.3) is 0 Å². The Morgan fingerprint density at radius 1 is 1.64 bits per heavy atom. The molecule has 0 aliphatic heterocycles. The fourth-order valence-electron chi connectivity index (χ4n) is 2.19. The minimum Gasteiger partial charge on any atom is -0.480 e. The summed E-state index contributed by atoms with van der Waals surface area (Å²) in [5.41, 5.74) is 8.80. The Labute approximate surface area is 82.3 Å². The SMILES string of the molecule is Cn1cc(C(N)C(=O)O)c2c1CCC2. The van der Waals surface area contributed by atoms with Crippen molar-refractivity contribution in [3.8, 4) is 0 Å². The Kier molecular flexibility index (Phi) is 2.07. The normalized spacial score (nSPS) is 16.7. The Balaban J connectivity index is 2.44. The highest BCUT2D eigenvalue weighted by atomic mass is 16.4. The van der Waals surface area contributed by atoms with Crippen LogP contribution in [0.4, 0.5) is 0 Å². The van der Waals surface area contributed by atoms with Crippen LogP contribution in [-0.2, 0) is 24.7 Å². The minimum absolute atomic E-state index is 0.785. The van der Waals surface area contributed by atoms with E-state index < -0.39 is 12.0 Å². The highest BCUT2D eigenvalue weighted by molar-refractivity contribution is 5.76. The zero-order chi connectivity index (χ0) is 10.3. The smallest absolute Gasteiger partial charge is 0.325 e. The van der Waals surface area contributed by atoms with Crippen LogP contribution in [0.1, 0.15) is 29.3 Å². The molecule has 0 bridgehead atoms. The number of nitrogens with two attached hydrogens (primary N) is 1. The fourth-order valence-corrected chi connectivity index (χ4v) is 2.19. The van der Waals surface area contributed by atoms with Crippen LogP contribution < -0.4 is 5.73 Å². The lowest BCUT2D eigenvalue weighted by molar-refractivity contribution is -0.138. The molecule has 14 heavy (non-hydrogen) atoms. The first-order chi connectivity index (χ1) is 6.61. The summed E-state index contributed by atoms with van der Waals surface area (Å²) < 4.78 is 2.00. The van der Waals surface area contributed by atoms with E-state index in [9.17, 15) is 4.79 Å². The second-order valence-corrected chi connectivity index (χ2v) is 3.79. The van der Waals surface area contributed by atoms with Crippen LogP contribution in [0.5, 0.6) is 0 Å². The quantitative estimate of drug-likeness (QED) is 0.724. The number of carboxylic acid groups (broad SMARTS) is 1. The molecule has 76 valence electrons. The first-order valence-corrected chi connectivity index (χ1v) is 4.76. The first kappa shape index (κ1) is 9.27. The standard InChI is InChI=1S/C10H14N2O2/c1-12-5-7(9(11)10(13)14)6-3-2-4-8(6)12/h5,9H,2-4,11H2,1H3,(H,13,14). The van der Waals surface area contributed by atoms with Crippen molar-refractivity contribution in [3.63, 3.8) is 0 Å². The molecule has 1 unspecified atom stereocenters. The third-order valence-corrected chi connectivity index (χ3v) is 2.90. The molecule has 3 N–H and O–H groups in total. The van der Waals surface area contributed by atoms with Crippen LogP contribution >= 0.6 is 0 Å². The van der Waals surface area contributed by atoms with Gasteiger partial charge in [0.05, 0.1) is 0 Å². The van der Waals surface area contributed by atoms with Crippen molar-refractivity contribution in [2.45, 2.75) is 25.3 Å². The Bertz CT molecular complexity index is 382. The molecule has 0 amide bonds. The van der Waals surface area contributed by atoms with Gasteiger partial charge in [0, 0.05) is 24.5 Å². The monoisotopic (exact) mass is 194 g/mol. The van der Waals surface area contributed by atoms with Gasteiger partial charge in [-0.15, -0.1) is 0 Å². The molecule has 1 aliphatic carbocycles. The van der Waals surface area contributed by atoms with Crippen molar-refractivity contribution < 1.29 is 9.90 Å². The number of carbonyl (C=O) groups is 1. The van der Waals surface area contributed by atoms with E-state index >= 15 is 0 Å². The van der Waals surface area contributed by atoms with Gasteiger partial charge < -0.3 is 15.4 Å². The van der Waals surface area contributed by atoms with E-state index in [4.69, 9.17) is 10.8 Å². The van der Waals surface area contributed by atoms with E-state index in [1.165, 1.54) is 5.69 Å². The molecule has 1 aromatic rings. The third kappa shape index (κ3) is 1.23. The maximum Gasteiger partial charge on any atom is 0.325 e. The van der Waals surface area contributed by atoms with Gasteiger partial charge in [-0.2, -0.15) is 0 Å². The largest absolute Gasteiger partial charge is 0.480 e. The molecule has 1 atom stereocenters. The average molecular weight is 194 g/mol. The number of aryl methyl sites for hydroxylation is 1.